The minimum absolute atomic E-state index is 0.247. The molecule has 0 unspecified atom stereocenters. The van der Waals surface area contributed by atoms with E-state index in [0.717, 1.165) is 5.56 Å². The second kappa shape index (κ2) is 6.76. The maximum absolute atomic E-state index is 12.1. The van der Waals surface area contributed by atoms with Crippen LogP contribution in [0, 0.1) is 6.92 Å². The maximum atomic E-state index is 12.1. The number of aliphatic carboxylic acids is 1. The second-order valence-corrected chi connectivity index (χ2v) is 4.92. The van der Waals surface area contributed by atoms with Crippen molar-refractivity contribution in [2.45, 2.75) is 20.0 Å². The van der Waals surface area contributed by atoms with Gasteiger partial charge in [-0.05, 0) is 50.2 Å². The first-order valence-corrected chi connectivity index (χ1v) is 6.81. The summed E-state index contributed by atoms with van der Waals surface area (Å²) in [4.78, 5) is 22.7. The van der Waals surface area contributed by atoms with Crippen molar-refractivity contribution in [1.82, 2.24) is 0 Å². The number of carboxylic acids is 1. The average molecular weight is 298 g/mol. The predicted octanol–water partition coefficient (Wildman–Crippen LogP) is 1.76. The van der Waals surface area contributed by atoms with Crippen LogP contribution in [0.4, 0.5) is 5.69 Å². The van der Waals surface area contributed by atoms with Crippen LogP contribution in [0.25, 0.3) is 0 Å². The lowest BCUT2D eigenvalue weighted by Gasteiger charge is -2.15. The van der Waals surface area contributed by atoms with E-state index in [1.165, 1.54) is 6.92 Å². The average Bonchev–Trinajstić information content (AvgIpc) is 2.50. The number of amides is 1. The molecule has 0 saturated carbocycles. The Kier molecular flexibility index (Phi) is 4.78. The van der Waals surface area contributed by atoms with Gasteiger partial charge in [-0.15, -0.1) is 0 Å². The van der Waals surface area contributed by atoms with E-state index in [2.05, 4.69) is 5.32 Å². The molecule has 0 bridgehead atoms. The highest BCUT2D eigenvalue weighted by atomic mass is 16.5. The second-order valence-electron chi connectivity index (χ2n) is 4.92. The van der Waals surface area contributed by atoms with Crippen molar-refractivity contribution in [3.63, 3.8) is 0 Å². The summed E-state index contributed by atoms with van der Waals surface area (Å²) in [6, 6.07) is 13.7. The number of benzene rings is 2. The molecule has 0 radical (unpaired) electrons. The summed E-state index contributed by atoms with van der Waals surface area (Å²) < 4.78 is 5.15. The van der Waals surface area contributed by atoms with Gasteiger partial charge in [0, 0.05) is 11.3 Å². The van der Waals surface area contributed by atoms with Crippen molar-refractivity contribution in [3.05, 3.63) is 59.7 Å². The Balaban J connectivity index is 2.01. The first kappa shape index (κ1) is 15.6. The fourth-order valence-electron chi connectivity index (χ4n) is 1.78. The number of hydrogen-bond acceptors (Lipinski definition) is 4. The van der Waals surface area contributed by atoms with Gasteiger partial charge in [0.25, 0.3) is 5.91 Å². The topological polar surface area (TPSA) is 78.5 Å². The van der Waals surface area contributed by atoms with Gasteiger partial charge in [-0.25, -0.2) is 0 Å². The van der Waals surface area contributed by atoms with E-state index in [0.29, 0.717) is 17.0 Å². The van der Waals surface area contributed by atoms with Gasteiger partial charge in [0.1, 0.15) is 11.9 Å². The number of rotatable bonds is 5. The fourth-order valence-corrected chi connectivity index (χ4v) is 1.78. The molecule has 2 aromatic rings. The first-order chi connectivity index (χ1) is 10.5. The minimum atomic E-state index is -1.29. The molecule has 0 aliphatic carbocycles. The van der Waals surface area contributed by atoms with Crippen molar-refractivity contribution in [2.24, 2.45) is 0 Å². The molecule has 1 amide bonds. The van der Waals surface area contributed by atoms with Crippen LogP contribution >= 0.6 is 0 Å². The smallest absolute Gasteiger partial charge is 0.255 e. The SMILES string of the molecule is Cc1ccc(NC(=O)c2ccc(O[C@H](C)C(=O)[O-])cc2)cc1. The van der Waals surface area contributed by atoms with Crippen LogP contribution in [-0.2, 0) is 4.79 Å². The van der Waals surface area contributed by atoms with Gasteiger partial charge < -0.3 is 20.0 Å². The van der Waals surface area contributed by atoms with Crippen LogP contribution in [0.15, 0.2) is 48.5 Å². The van der Waals surface area contributed by atoms with Crippen LogP contribution in [0.1, 0.15) is 22.8 Å². The van der Waals surface area contributed by atoms with Gasteiger partial charge in [0.05, 0.1) is 5.97 Å². The zero-order valence-electron chi connectivity index (χ0n) is 12.3. The predicted molar refractivity (Wildman–Crippen MR) is 80.7 cm³/mol. The molecular weight excluding hydrogens is 282 g/mol. The highest BCUT2D eigenvalue weighted by Crippen LogP contribution is 2.16. The third-order valence-corrected chi connectivity index (χ3v) is 3.07. The number of aryl methyl sites for hydroxylation is 1. The van der Waals surface area contributed by atoms with Gasteiger partial charge >= 0.3 is 0 Å². The van der Waals surface area contributed by atoms with Crippen molar-refractivity contribution in [2.75, 3.05) is 5.32 Å². The highest BCUT2D eigenvalue weighted by Gasteiger charge is 2.08. The Hall–Kier alpha value is -2.82. The Labute approximate surface area is 128 Å². The Morgan fingerprint density at radius 2 is 1.64 bits per heavy atom. The molecule has 0 aliphatic rings. The maximum Gasteiger partial charge on any atom is 0.255 e. The zero-order valence-corrected chi connectivity index (χ0v) is 12.3. The highest BCUT2D eigenvalue weighted by molar-refractivity contribution is 6.04. The Morgan fingerprint density at radius 3 is 2.18 bits per heavy atom. The normalized spacial score (nSPS) is 11.5. The Morgan fingerprint density at radius 1 is 1.05 bits per heavy atom. The zero-order chi connectivity index (χ0) is 16.1. The van der Waals surface area contributed by atoms with Crippen molar-refractivity contribution < 1.29 is 19.4 Å². The summed E-state index contributed by atoms with van der Waals surface area (Å²) in [7, 11) is 0. The molecule has 1 N–H and O–H groups in total. The molecule has 0 aliphatic heterocycles. The van der Waals surface area contributed by atoms with Gasteiger partial charge in [-0.3, -0.25) is 4.79 Å². The fraction of sp³-hybridized carbons (Fsp3) is 0.176. The van der Waals surface area contributed by atoms with Crippen LogP contribution in [-0.4, -0.2) is 18.0 Å². The lowest BCUT2D eigenvalue weighted by molar-refractivity contribution is -0.312. The summed E-state index contributed by atoms with van der Waals surface area (Å²) >= 11 is 0. The lowest BCUT2D eigenvalue weighted by atomic mass is 10.2. The summed E-state index contributed by atoms with van der Waals surface area (Å²) in [5.74, 6) is -1.17. The van der Waals surface area contributed by atoms with Crippen molar-refractivity contribution >= 4 is 17.6 Å². The first-order valence-electron chi connectivity index (χ1n) is 6.81. The molecule has 114 valence electrons. The van der Waals surface area contributed by atoms with Crippen molar-refractivity contribution in [1.29, 1.82) is 0 Å². The van der Waals surface area contributed by atoms with E-state index < -0.39 is 12.1 Å². The molecule has 1 atom stereocenters. The summed E-state index contributed by atoms with van der Waals surface area (Å²) in [5.41, 5.74) is 2.28. The lowest BCUT2D eigenvalue weighted by Crippen LogP contribution is -2.37. The van der Waals surface area contributed by atoms with E-state index >= 15 is 0 Å². The third kappa shape index (κ3) is 4.09. The van der Waals surface area contributed by atoms with E-state index in [9.17, 15) is 14.7 Å². The molecule has 2 aromatic carbocycles. The van der Waals surface area contributed by atoms with Gasteiger partial charge in [-0.2, -0.15) is 0 Å². The van der Waals surface area contributed by atoms with Crippen LogP contribution in [0.5, 0.6) is 5.75 Å². The van der Waals surface area contributed by atoms with Crippen LogP contribution in [0.3, 0.4) is 0 Å². The summed E-state index contributed by atoms with van der Waals surface area (Å²) in [5, 5.41) is 13.4. The number of carbonyl (C=O) groups is 2. The molecule has 0 saturated heterocycles. The van der Waals surface area contributed by atoms with Crippen molar-refractivity contribution in [3.8, 4) is 5.75 Å². The number of carbonyl (C=O) groups excluding carboxylic acids is 2. The molecule has 0 fully saturated rings. The van der Waals surface area contributed by atoms with E-state index in [-0.39, 0.29) is 5.91 Å². The monoisotopic (exact) mass is 298 g/mol. The largest absolute Gasteiger partial charge is 0.546 e. The number of hydrogen-bond donors (Lipinski definition) is 1. The summed E-state index contributed by atoms with van der Waals surface area (Å²) in [6.45, 7) is 3.35. The quantitative estimate of drug-likeness (QED) is 0.912. The molecule has 0 spiro atoms. The third-order valence-electron chi connectivity index (χ3n) is 3.07. The van der Waals surface area contributed by atoms with Gasteiger partial charge in [-0.1, -0.05) is 17.7 Å². The van der Waals surface area contributed by atoms with Gasteiger partial charge in [0.2, 0.25) is 0 Å². The van der Waals surface area contributed by atoms with E-state index in [1.807, 2.05) is 31.2 Å². The minimum Gasteiger partial charge on any atom is -0.546 e. The number of nitrogens with one attached hydrogen (secondary N) is 1. The molecule has 5 heteroatoms. The molecule has 0 aromatic heterocycles. The molecule has 2 rings (SSSR count). The standard InChI is InChI=1S/C17H17NO4/c1-11-3-7-14(8-4-11)18-16(19)13-5-9-15(10-6-13)22-12(2)17(20)21/h3-10,12H,1-2H3,(H,18,19)(H,20,21)/p-1/t12-/m1/s1. The van der Waals surface area contributed by atoms with Gasteiger partial charge in [0.15, 0.2) is 0 Å². The summed E-state index contributed by atoms with van der Waals surface area (Å²) in [6.07, 6.45) is -1.05. The molecule has 5 nitrogen and oxygen atoms in total. The molecular formula is C17H16NO4-. The van der Waals surface area contributed by atoms with Crippen LogP contribution in [0.2, 0.25) is 0 Å². The molecule has 0 heterocycles. The number of anilines is 1. The van der Waals surface area contributed by atoms with Crippen LogP contribution < -0.4 is 15.2 Å². The van der Waals surface area contributed by atoms with E-state index in [1.54, 1.807) is 24.3 Å². The number of carboxylic acid groups (broad SMARTS) is 1. The molecule has 22 heavy (non-hydrogen) atoms. The number of ether oxygens (including phenoxy) is 1. The van der Waals surface area contributed by atoms with E-state index in [4.69, 9.17) is 4.74 Å². The Bertz CT molecular complexity index is 662.